The van der Waals surface area contributed by atoms with Crippen LogP contribution in [0.15, 0.2) is 59.5 Å². The van der Waals surface area contributed by atoms with Crippen LogP contribution in [0, 0.1) is 5.92 Å². The van der Waals surface area contributed by atoms with E-state index in [-0.39, 0.29) is 4.90 Å². The molecule has 29 heavy (non-hydrogen) atoms. The number of sulfonamides is 1. The lowest BCUT2D eigenvalue weighted by molar-refractivity contribution is -0.155. The van der Waals surface area contributed by atoms with Crippen LogP contribution >= 0.6 is 11.6 Å². The number of ether oxygens (including phenoxy) is 1. The summed E-state index contributed by atoms with van der Waals surface area (Å²) in [4.78, 5) is 24.9. The largest absolute Gasteiger partial charge is 0.451 e. The third kappa shape index (κ3) is 6.56. The van der Waals surface area contributed by atoms with Gasteiger partial charge >= 0.3 is 5.97 Å². The van der Waals surface area contributed by atoms with Crippen LogP contribution in [-0.2, 0) is 24.3 Å². The van der Waals surface area contributed by atoms with E-state index in [1.54, 1.807) is 56.3 Å². The van der Waals surface area contributed by atoms with Crippen LogP contribution in [0.2, 0.25) is 5.02 Å². The molecule has 0 saturated heterocycles. The van der Waals surface area contributed by atoms with Gasteiger partial charge in [-0.1, -0.05) is 43.6 Å². The van der Waals surface area contributed by atoms with Crippen molar-refractivity contribution >= 4 is 39.2 Å². The highest BCUT2D eigenvalue weighted by molar-refractivity contribution is 7.89. The van der Waals surface area contributed by atoms with Crippen LogP contribution in [0.5, 0.6) is 0 Å². The Balaban J connectivity index is 2.04. The maximum atomic E-state index is 12.6. The number of halogens is 1. The molecule has 2 rings (SSSR count). The zero-order valence-corrected chi connectivity index (χ0v) is 17.8. The predicted molar refractivity (Wildman–Crippen MR) is 111 cm³/mol. The van der Waals surface area contributed by atoms with Crippen molar-refractivity contribution in [1.82, 2.24) is 4.72 Å². The molecule has 0 aliphatic heterocycles. The molecule has 0 bridgehead atoms. The lowest BCUT2D eigenvalue weighted by Gasteiger charge is -2.23. The third-order valence-corrected chi connectivity index (χ3v) is 5.74. The molecule has 0 aliphatic rings. The van der Waals surface area contributed by atoms with Crippen LogP contribution in [0.25, 0.3) is 0 Å². The van der Waals surface area contributed by atoms with E-state index in [0.29, 0.717) is 10.7 Å². The van der Waals surface area contributed by atoms with Crippen molar-refractivity contribution in [3.05, 3.63) is 59.6 Å². The van der Waals surface area contributed by atoms with Crippen LogP contribution in [0.4, 0.5) is 5.69 Å². The molecule has 0 radical (unpaired) electrons. The number of anilines is 1. The Morgan fingerprint density at radius 1 is 0.966 bits per heavy atom. The summed E-state index contributed by atoms with van der Waals surface area (Å²) in [5.41, 5.74) is 0.493. The number of hydrogen-bond donors (Lipinski definition) is 2. The second kappa shape index (κ2) is 9.87. The van der Waals surface area contributed by atoms with Gasteiger partial charge in [-0.15, -0.1) is 0 Å². The zero-order valence-electron chi connectivity index (χ0n) is 16.3. The maximum Gasteiger partial charge on any atom is 0.325 e. The van der Waals surface area contributed by atoms with Crippen molar-refractivity contribution in [3.8, 4) is 0 Å². The number of nitrogens with one attached hydrogen (secondary N) is 2. The van der Waals surface area contributed by atoms with E-state index in [9.17, 15) is 18.0 Å². The SMILES string of the molecule is CC(C)[C@H](NS(=O)(=O)c1ccccc1)C(=O)O[C@@H](C)C(=O)Nc1ccc(Cl)cc1. The molecule has 0 aliphatic carbocycles. The van der Waals surface area contributed by atoms with E-state index >= 15 is 0 Å². The van der Waals surface area contributed by atoms with Crippen LogP contribution < -0.4 is 10.0 Å². The molecular weight excluding hydrogens is 416 g/mol. The van der Waals surface area contributed by atoms with Gasteiger partial charge in [-0.25, -0.2) is 8.42 Å². The van der Waals surface area contributed by atoms with Crippen molar-refractivity contribution in [2.45, 2.75) is 37.8 Å². The van der Waals surface area contributed by atoms with Crippen molar-refractivity contribution < 1.29 is 22.7 Å². The smallest absolute Gasteiger partial charge is 0.325 e. The number of amides is 1. The summed E-state index contributed by atoms with van der Waals surface area (Å²) < 4.78 is 32.6. The van der Waals surface area contributed by atoms with Gasteiger partial charge in [0.1, 0.15) is 6.04 Å². The van der Waals surface area contributed by atoms with Gasteiger partial charge in [-0.05, 0) is 49.2 Å². The highest BCUT2D eigenvalue weighted by atomic mass is 35.5. The molecular formula is C20H23ClN2O5S. The van der Waals surface area contributed by atoms with Crippen LogP contribution in [-0.4, -0.2) is 32.4 Å². The number of esters is 1. The molecule has 156 valence electrons. The summed E-state index contributed by atoms with van der Waals surface area (Å²) in [5.74, 6) is -1.78. The standard InChI is InChI=1S/C20H23ClN2O5S/c1-13(2)18(23-29(26,27)17-7-5-4-6-8-17)20(25)28-14(3)19(24)22-16-11-9-15(21)10-12-16/h4-14,18,23H,1-3H3,(H,22,24)/t14-,18-/m0/s1. The van der Waals surface area contributed by atoms with Gasteiger partial charge in [0, 0.05) is 10.7 Å². The summed E-state index contributed by atoms with van der Waals surface area (Å²) in [6, 6.07) is 13.0. The Morgan fingerprint density at radius 2 is 1.55 bits per heavy atom. The van der Waals surface area contributed by atoms with Gasteiger partial charge in [0.2, 0.25) is 10.0 Å². The van der Waals surface area contributed by atoms with E-state index in [0.717, 1.165) is 0 Å². The van der Waals surface area contributed by atoms with Gasteiger partial charge in [-0.3, -0.25) is 9.59 Å². The van der Waals surface area contributed by atoms with Crippen LogP contribution in [0.3, 0.4) is 0 Å². The molecule has 2 atom stereocenters. The zero-order chi connectivity index (χ0) is 21.6. The number of rotatable bonds is 8. The maximum absolute atomic E-state index is 12.6. The molecule has 2 aromatic carbocycles. The average molecular weight is 439 g/mol. The summed E-state index contributed by atoms with van der Waals surface area (Å²) in [5, 5.41) is 3.12. The molecule has 1 amide bonds. The minimum atomic E-state index is -3.92. The Bertz CT molecular complexity index is 947. The molecule has 2 N–H and O–H groups in total. The van der Waals surface area contributed by atoms with E-state index in [1.807, 2.05) is 0 Å². The van der Waals surface area contributed by atoms with E-state index < -0.39 is 40.0 Å². The predicted octanol–water partition coefficient (Wildman–Crippen LogP) is 3.21. The first-order valence-corrected chi connectivity index (χ1v) is 10.8. The van der Waals surface area contributed by atoms with Gasteiger partial charge in [0.05, 0.1) is 4.90 Å². The lowest BCUT2D eigenvalue weighted by Crippen LogP contribution is -2.47. The Hall–Kier alpha value is -2.42. The topological polar surface area (TPSA) is 102 Å². The summed E-state index contributed by atoms with van der Waals surface area (Å²) in [7, 11) is -3.92. The number of carbonyl (C=O) groups is 2. The summed E-state index contributed by atoms with van der Waals surface area (Å²) in [6.07, 6.45) is -1.12. The van der Waals surface area contributed by atoms with Gasteiger partial charge < -0.3 is 10.1 Å². The fraction of sp³-hybridized carbons (Fsp3) is 0.300. The third-order valence-electron chi connectivity index (χ3n) is 4.03. The highest BCUT2D eigenvalue weighted by Crippen LogP contribution is 2.15. The second-order valence-electron chi connectivity index (χ2n) is 6.73. The first-order valence-electron chi connectivity index (χ1n) is 8.94. The number of benzene rings is 2. The fourth-order valence-electron chi connectivity index (χ4n) is 2.37. The molecule has 9 heteroatoms. The summed E-state index contributed by atoms with van der Waals surface area (Å²) in [6.45, 7) is 4.77. The van der Waals surface area contributed by atoms with Gasteiger partial charge in [0.25, 0.3) is 5.91 Å². The quantitative estimate of drug-likeness (QED) is 0.616. The van der Waals surface area contributed by atoms with Gasteiger partial charge in [-0.2, -0.15) is 4.72 Å². The van der Waals surface area contributed by atoms with E-state index in [4.69, 9.17) is 16.3 Å². The van der Waals surface area contributed by atoms with Crippen molar-refractivity contribution in [2.75, 3.05) is 5.32 Å². The molecule has 0 unspecified atom stereocenters. The Morgan fingerprint density at radius 3 is 2.10 bits per heavy atom. The molecule has 0 aromatic heterocycles. The number of carbonyl (C=O) groups excluding carboxylic acids is 2. The summed E-state index contributed by atoms with van der Waals surface area (Å²) >= 11 is 5.80. The van der Waals surface area contributed by atoms with Crippen molar-refractivity contribution in [3.63, 3.8) is 0 Å². The van der Waals surface area contributed by atoms with E-state index in [1.165, 1.54) is 19.1 Å². The molecule has 2 aromatic rings. The number of hydrogen-bond acceptors (Lipinski definition) is 5. The molecule has 0 spiro atoms. The minimum absolute atomic E-state index is 0.0342. The molecule has 7 nitrogen and oxygen atoms in total. The highest BCUT2D eigenvalue weighted by Gasteiger charge is 2.31. The molecule has 0 fully saturated rings. The first kappa shape index (κ1) is 22.9. The van der Waals surface area contributed by atoms with Crippen molar-refractivity contribution in [1.29, 1.82) is 0 Å². The van der Waals surface area contributed by atoms with Crippen LogP contribution in [0.1, 0.15) is 20.8 Å². The molecule has 0 heterocycles. The van der Waals surface area contributed by atoms with Gasteiger partial charge in [0.15, 0.2) is 6.10 Å². The first-order chi connectivity index (χ1) is 13.6. The second-order valence-corrected chi connectivity index (χ2v) is 8.88. The van der Waals surface area contributed by atoms with E-state index in [2.05, 4.69) is 10.0 Å². The normalized spacial score (nSPS) is 13.6. The monoisotopic (exact) mass is 438 g/mol. The van der Waals surface area contributed by atoms with Crippen molar-refractivity contribution in [2.24, 2.45) is 5.92 Å². The Labute approximate surface area is 175 Å². The average Bonchev–Trinajstić information content (AvgIpc) is 2.68. The minimum Gasteiger partial charge on any atom is -0.451 e. The fourth-order valence-corrected chi connectivity index (χ4v) is 3.85. The lowest BCUT2D eigenvalue weighted by atomic mass is 10.1. The Kier molecular flexibility index (Phi) is 7.78. The molecule has 0 saturated carbocycles.